The normalized spacial score (nSPS) is 13.1. The summed E-state index contributed by atoms with van der Waals surface area (Å²) in [6, 6.07) is 2.65. The second-order valence-electron chi connectivity index (χ2n) is 10.1. The second kappa shape index (κ2) is 8.88. The molecule has 0 fully saturated rings. The highest BCUT2D eigenvalue weighted by atomic mass is 16.5. The van der Waals surface area contributed by atoms with Crippen molar-refractivity contribution in [1.82, 2.24) is 0 Å². The number of unbranched alkanes of at least 4 members (excludes halogenated alkanes) is 1. The molecule has 0 bridgehead atoms. The van der Waals surface area contributed by atoms with Gasteiger partial charge in [-0.05, 0) is 48.9 Å². The van der Waals surface area contributed by atoms with Gasteiger partial charge in [-0.3, -0.25) is 9.59 Å². The van der Waals surface area contributed by atoms with Crippen molar-refractivity contribution in [2.75, 3.05) is 27.9 Å². The summed E-state index contributed by atoms with van der Waals surface area (Å²) in [5, 5.41) is 36.1. The van der Waals surface area contributed by atoms with Crippen LogP contribution in [0.15, 0.2) is 27.3 Å². The zero-order valence-corrected chi connectivity index (χ0v) is 22.2. The van der Waals surface area contributed by atoms with Crippen LogP contribution < -0.4 is 25.1 Å². The first-order chi connectivity index (χ1) is 18.8. The summed E-state index contributed by atoms with van der Waals surface area (Å²) in [6.45, 7) is 1.96. The van der Waals surface area contributed by atoms with Crippen LogP contribution in [-0.4, -0.2) is 43.3 Å². The molecule has 0 atom stereocenters. The van der Waals surface area contributed by atoms with E-state index in [2.05, 4.69) is 0 Å². The molecule has 6 rings (SSSR count). The van der Waals surface area contributed by atoms with Gasteiger partial charge in [0.15, 0.2) is 22.4 Å². The van der Waals surface area contributed by atoms with Gasteiger partial charge < -0.3 is 29.5 Å². The molecule has 0 radical (unpaired) electrons. The lowest BCUT2D eigenvalue weighted by Crippen LogP contribution is -2.10. The number of phenolic OH excluding ortho intramolecular Hbond substituents is 2. The number of benzene rings is 5. The highest BCUT2D eigenvalue weighted by Crippen LogP contribution is 2.55. The summed E-state index contributed by atoms with van der Waals surface area (Å²) in [4.78, 5) is 27.0. The summed E-state index contributed by atoms with van der Waals surface area (Å²) in [6.07, 6.45) is 3.96. The lowest BCUT2D eigenvalue weighted by molar-refractivity contribution is 0.284. The molecule has 1 aliphatic carbocycles. The number of aliphatic hydroxyl groups excluding tert-OH is 1. The molecule has 0 aliphatic heterocycles. The summed E-state index contributed by atoms with van der Waals surface area (Å²) >= 11 is 0. The molecule has 5 aromatic rings. The largest absolute Gasteiger partial charge is 0.507 e. The van der Waals surface area contributed by atoms with Crippen LogP contribution in [0.1, 0.15) is 36.5 Å². The van der Waals surface area contributed by atoms with Crippen LogP contribution in [0.5, 0.6) is 28.7 Å². The Kier molecular flexibility index (Phi) is 5.69. The molecule has 5 aromatic carbocycles. The average Bonchev–Trinajstić information content (AvgIpc) is 3.06. The second-order valence-corrected chi connectivity index (χ2v) is 10.1. The van der Waals surface area contributed by atoms with Crippen LogP contribution in [-0.2, 0) is 12.8 Å². The number of rotatable bonds is 7. The van der Waals surface area contributed by atoms with Crippen LogP contribution in [0.25, 0.3) is 49.2 Å². The minimum absolute atomic E-state index is 0.0128. The fraction of sp³-hybridized carbons (Fsp3) is 0.290. The molecule has 39 heavy (non-hydrogen) atoms. The fourth-order valence-corrected chi connectivity index (χ4v) is 6.47. The van der Waals surface area contributed by atoms with Gasteiger partial charge in [0.25, 0.3) is 0 Å². The zero-order valence-electron chi connectivity index (χ0n) is 22.2. The molecule has 0 saturated heterocycles. The number of fused-ring (bicyclic) bond motifs is 1. The fourth-order valence-electron chi connectivity index (χ4n) is 6.47. The van der Waals surface area contributed by atoms with Gasteiger partial charge in [-0.15, -0.1) is 0 Å². The van der Waals surface area contributed by atoms with Crippen LogP contribution in [0.4, 0.5) is 0 Å². The molecule has 8 nitrogen and oxygen atoms in total. The first kappa shape index (κ1) is 25.0. The van der Waals surface area contributed by atoms with Crippen molar-refractivity contribution in [2.45, 2.75) is 32.6 Å². The maximum absolute atomic E-state index is 13.6. The Morgan fingerprint density at radius 3 is 1.90 bits per heavy atom. The Morgan fingerprint density at radius 2 is 1.33 bits per heavy atom. The first-order valence-corrected chi connectivity index (χ1v) is 12.8. The highest BCUT2D eigenvalue weighted by Gasteiger charge is 2.32. The molecular weight excluding hydrogens is 500 g/mol. The van der Waals surface area contributed by atoms with Crippen LogP contribution >= 0.6 is 0 Å². The van der Waals surface area contributed by atoms with E-state index >= 15 is 0 Å². The van der Waals surface area contributed by atoms with Gasteiger partial charge in [-0.25, -0.2) is 0 Å². The number of allylic oxidation sites excluding steroid dienone is 1. The summed E-state index contributed by atoms with van der Waals surface area (Å²) in [5.74, 6) is 0.381. The van der Waals surface area contributed by atoms with Gasteiger partial charge in [0.2, 0.25) is 0 Å². The third-order valence-electron chi connectivity index (χ3n) is 7.98. The van der Waals surface area contributed by atoms with Crippen molar-refractivity contribution < 1.29 is 29.5 Å². The topological polar surface area (TPSA) is 123 Å². The predicted molar refractivity (Wildman–Crippen MR) is 152 cm³/mol. The maximum atomic E-state index is 13.6. The molecule has 1 aliphatic rings. The van der Waals surface area contributed by atoms with Gasteiger partial charge in [0.05, 0.1) is 32.1 Å². The number of hydrogen-bond acceptors (Lipinski definition) is 8. The van der Waals surface area contributed by atoms with E-state index in [9.17, 15) is 24.9 Å². The Bertz CT molecular complexity index is 1970. The molecule has 0 saturated carbocycles. The van der Waals surface area contributed by atoms with E-state index in [0.717, 1.165) is 11.1 Å². The van der Waals surface area contributed by atoms with E-state index in [-0.39, 0.29) is 46.1 Å². The summed E-state index contributed by atoms with van der Waals surface area (Å²) < 4.78 is 17.1. The number of hydrogen-bond donors (Lipinski definition) is 3. The van der Waals surface area contributed by atoms with Crippen LogP contribution in [0, 0.1) is 0 Å². The van der Waals surface area contributed by atoms with Gasteiger partial charge in [0, 0.05) is 51.4 Å². The highest BCUT2D eigenvalue weighted by molar-refractivity contribution is 6.39. The monoisotopic (exact) mass is 528 g/mol. The SMILES string of the molecule is COc1c(O)c2c(=O)cc(OC)c3c4c(OC)cc(=O)c5c(O)c(CCCCO)c6c(c(c1CC(C)=C6)c23)c54. The van der Waals surface area contributed by atoms with Crippen molar-refractivity contribution in [1.29, 1.82) is 0 Å². The molecule has 0 amide bonds. The van der Waals surface area contributed by atoms with E-state index < -0.39 is 10.9 Å². The lowest BCUT2D eigenvalue weighted by Gasteiger charge is -2.23. The van der Waals surface area contributed by atoms with Crippen molar-refractivity contribution in [3.63, 3.8) is 0 Å². The Hall–Kier alpha value is -4.30. The molecular formula is C31H28O8. The minimum Gasteiger partial charge on any atom is -0.507 e. The molecule has 8 heteroatoms. The standard InChI is InChI=1S/C31H28O8/c1-13-9-15-14(7-5-6-8-32)29(35)23-17(33)11-19(37-2)25-26-20(38-3)12-18(34)24-28(26)22(21(15)27(23)25)16(10-13)31(39-4)30(24)36/h9,11-12,32,35-36H,5-8,10H2,1-4H3. The Balaban J connectivity index is 2.08. The van der Waals surface area contributed by atoms with Gasteiger partial charge in [-0.2, -0.15) is 0 Å². The summed E-state index contributed by atoms with van der Waals surface area (Å²) in [7, 11) is 4.37. The third kappa shape index (κ3) is 3.21. The van der Waals surface area contributed by atoms with Crippen LogP contribution in [0.2, 0.25) is 0 Å². The van der Waals surface area contributed by atoms with Gasteiger partial charge in [-0.1, -0.05) is 11.6 Å². The van der Waals surface area contributed by atoms with E-state index in [1.807, 2.05) is 13.0 Å². The number of aromatic hydroxyl groups is 2. The Labute approximate surface area is 223 Å². The van der Waals surface area contributed by atoms with Gasteiger partial charge >= 0.3 is 0 Å². The molecule has 0 unspecified atom stereocenters. The molecule has 3 N–H and O–H groups in total. The van der Waals surface area contributed by atoms with Crippen molar-refractivity contribution in [3.05, 3.63) is 54.8 Å². The summed E-state index contributed by atoms with van der Waals surface area (Å²) in [5.41, 5.74) is 2.12. The molecule has 0 aromatic heterocycles. The van der Waals surface area contributed by atoms with E-state index in [1.54, 1.807) is 0 Å². The van der Waals surface area contributed by atoms with Crippen molar-refractivity contribution in [3.8, 4) is 28.7 Å². The van der Waals surface area contributed by atoms with E-state index in [4.69, 9.17) is 14.2 Å². The maximum Gasteiger partial charge on any atom is 0.194 e. The van der Waals surface area contributed by atoms with Crippen LogP contribution in [0.3, 0.4) is 0 Å². The van der Waals surface area contributed by atoms with E-state index in [0.29, 0.717) is 69.1 Å². The zero-order chi connectivity index (χ0) is 27.7. The number of ether oxygens (including phenoxy) is 3. The predicted octanol–water partition coefficient (Wildman–Crippen LogP) is 4.61. The minimum atomic E-state index is -0.430. The van der Waals surface area contributed by atoms with Crippen molar-refractivity contribution >= 4 is 49.2 Å². The molecule has 0 spiro atoms. The van der Waals surface area contributed by atoms with Crippen molar-refractivity contribution in [2.24, 2.45) is 0 Å². The number of methoxy groups -OCH3 is 3. The lowest BCUT2D eigenvalue weighted by atomic mass is 9.82. The molecule has 200 valence electrons. The Morgan fingerprint density at radius 1 is 0.744 bits per heavy atom. The number of phenols is 2. The van der Waals surface area contributed by atoms with E-state index in [1.165, 1.54) is 33.5 Å². The quantitative estimate of drug-likeness (QED) is 0.159. The first-order valence-electron chi connectivity index (χ1n) is 12.8. The average molecular weight is 529 g/mol. The van der Waals surface area contributed by atoms with Gasteiger partial charge in [0.1, 0.15) is 17.2 Å². The smallest absolute Gasteiger partial charge is 0.194 e. The molecule has 0 heterocycles. The number of aliphatic hydroxyl groups is 1. The third-order valence-corrected chi connectivity index (χ3v) is 7.98.